The summed E-state index contributed by atoms with van der Waals surface area (Å²) in [6.07, 6.45) is 3.04. The molecule has 1 fully saturated rings. The molecule has 0 bridgehead atoms. The van der Waals surface area contributed by atoms with E-state index >= 15 is 0 Å². The first-order valence-electron chi connectivity index (χ1n) is 9.00. The minimum absolute atomic E-state index is 0.0477. The third kappa shape index (κ3) is 4.94. The van der Waals surface area contributed by atoms with E-state index in [4.69, 9.17) is 4.74 Å². The minimum Gasteiger partial charge on any atom is -0.461 e. The Morgan fingerprint density at radius 3 is 2.60 bits per heavy atom. The van der Waals surface area contributed by atoms with E-state index in [0.717, 1.165) is 12.8 Å². The van der Waals surface area contributed by atoms with Gasteiger partial charge in [-0.2, -0.15) is 0 Å². The van der Waals surface area contributed by atoms with Crippen LogP contribution in [-0.2, 0) is 9.53 Å². The quantitative estimate of drug-likeness (QED) is 0.468. The van der Waals surface area contributed by atoms with Gasteiger partial charge in [-0.1, -0.05) is 39.3 Å². The number of rotatable bonds is 6. The number of nitrogens with one attached hydrogen (secondary N) is 1. The molecule has 1 aliphatic rings. The second kappa shape index (κ2) is 8.32. The van der Waals surface area contributed by atoms with E-state index in [-0.39, 0.29) is 17.8 Å². The zero-order chi connectivity index (χ0) is 18.6. The number of anilines is 1. The first-order valence-corrected chi connectivity index (χ1v) is 9.00. The van der Waals surface area contributed by atoms with Crippen LogP contribution in [0, 0.1) is 27.9 Å². The smallest absolute Gasteiger partial charge is 0.328 e. The van der Waals surface area contributed by atoms with Crippen LogP contribution in [0.25, 0.3) is 0 Å². The van der Waals surface area contributed by atoms with Crippen LogP contribution in [0.2, 0.25) is 0 Å². The van der Waals surface area contributed by atoms with Gasteiger partial charge in [0.15, 0.2) is 0 Å². The summed E-state index contributed by atoms with van der Waals surface area (Å²) in [5.41, 5.74) is 0.280. The predicted octanol–water partition coefficient (Wildman–Crippen LogP) is 4.40. The largest absolute Gasteiger partial charge is 0.461 e. The van der Waals surface area contributed by atoms with Crippen LogP contribution in [0.3, 0.4) is 0 Å². The summed E-state index contributed by atoms with van der Waals surface area (Å²) in [6, 6.07) is 5.67. The molecular formula is C19H28N2O4. The number of ether oxygens (including phenoxy) is 1. The van der Waals surface area contributed by atoms with E-state index in [9.17, 15) is 14.9 Å². The van der Waals surface area contributed by atoms with Gasteiger partial charge in [0.05, 0.1) is 4.92 Å². The molecule has 0 amide bonds. The zero-order valence-electron chi connectivity index (χ0n) is 15.4. The number of para-hydroxylation sites is 2. The molecule has 4 atom stereocenters. The molecule has 1 aromatic rings. The summed E-state index contributed by atoms with van der Waals surface area (Å²) >= 11 is 0. The maximum Gasteiger partial charge on any atom is 0.328 e. The molecule has 138 valence electrons. The Bertz CT molecular complexity index is 617. The minimum atomic E-state index is -0.647. The standard InChI is InChI=1S/C19H28N2O4/c1-12(2)15-10-9-13(3)11-18(15)25-19(22)14(4)20-16-7-5-6-8-17(16)21(23)24/h5-8,12-15,18,20H,9-11H2,1-4H3/t13?,14?,15-,18?/m1/s1. The molecule has 3 unspecified atom stereocenters. The Kier molecular flexibility index (Phi) is 6.39. The van der Waals surface area contributed by atoms with E-state index in [1.807, 2.05) is 0 Å². The Morgan fingerprint density at radius 2 is 1.96 bits per heavy atom. The fourth-order valence-corrected chi connectivity index (χ4v) is 3.55. The van der Waals surface area contributed by atoms with Crippen LogP contribution in [-0.4, -0.2) is 23.0 Å². The highest BCUT2D eigenvalue weighted by atomic mass is 16.6. The number of hydrogen-bond donors (Lipinski definition) is 1. The highest BCUT2D eigenvalue weighted by Gasteiger charge is 2.34. The van der Waals surface area contributed by atoms with Crippen molar-refractivity contribution in [3.8, 4) is 0 Å². The van der Waals surface area contributed by atoms with Crippen LogP contribution in [0.5, 0.6) is 0 Å². The van der Waals surface area contributed by atoms with Gasteiger partial charge < -0.3 is 10.1 Å². The fourth-order valence-electron chi connectivity index (χ4n) is 3.55. The van der Waals surface area contributed by atoms with Crippen molar-refractivity contribution in [3.63, 3.8) is 0 Å². The van der Waals surface area contributed by atoms with Gasteiger partial charge in [0.2, 0.25) is 0 Å². The second-order valence-corrected chi connectivity index (χ2v) is 7.44. The molecule has 1 aliphatic carbocycles. The van der Waals surface area contributed by atoms with E-state index in [0.29, 0.717) is 23.4 Å². The van der Waals surface area contributed by atoms with Gasteiger partial charge in [-0.05, 0) is 43.6 Å². The molecular weight excluding hydrogens is 320 g/mol. The molecule has 0 radical (unpaired) electrons. The van der Waals surface area contributed by atoms with Crippen molar-refractivity contribution in [3.05, 3.63) is 34.4 Å². The van der Waals surface area contributed by atoms with Crippen molar-refractivity contribution in [2.24, 2.45) is 17.8 Å². The molecule has 2 rings (SSSR count). The average Bonchev–Trinajstić information content (AvgIpc) is 2.54. The van der Waals surface area contributed by atoms with E-state index in [1.165, 1.54) is 12.5 Å². The number of nitro groups is 1. The number of carbonyl (C=O) groups is 1. The van der Waals surface area contributed by atoms with Crippen molar-refractivity contribution < 1.29 is 14.5 Å². The highest BCUT2D eigenvalue weighted by molar-refractivity contribution is 5.80. The summed E-state index contributed by atoms with van der Waals surface area (Å²) in [6.45, 7) is 8.19. The van der Waals surface area contributed by atoms with Crippen molar-refractivity contribution in [2.45, 2.75) is 59.1 Å². The first kappa shape index (κ1) is 19.2. The molecule has 25 heavy (non-hydrogen) atoms. The summed E-state index contributed by atoms with van der Waals surface area (Å²) in [4.78, 5) is 23.2. The van der Waals surface area contributed by atoms with E-state index < -0.39 is 11.0 Å². The van der Waals surface area contributed by atoms with Crippen LogP contribution < -0.4 is 5.32 Å². The Balaban J connectivity index is 2.03. The summed E-state index contributed by atoms with van der Waals surface area (Å²) in [7, 11) is 0. The molecule has 6 nitrogen and oxygen atoms in total. The third-order valence-corrected chi connectivity index (χ3v) is 5.06. The SMILES string of the molecule is CC1CC[C@H](C(C)C)C(OC(=O)C(C)Nc2ccccc2[N+](=O)[O-])C1. The molecule has 1 aromatic carbocycles. The Labute approximate surface area is 149 Å². The molecule has 1 N–H and O–H groups in total. The maximum absolute atomic E-state index is 12.5. The lowest BCUT2D eigenvalue weighted by atomic mass is 9.75. The molecule has 0 aromatic heterocycles. The number of carbonyl (C=O) groups excluding carboxylic acids is 1. The zero-order valence-corrected chi connectivity index (χ0v) is 15.4. The van der Waals surface area contributed by atoms with Gasteiger partial charge in [-0.3, -0.25) is 10.1 Å². The van der Waals surface area contributed by atoms with E-state index in [1.54, 1.807) is 25.1 Å². The van der Waals surface area contributed by atoms with E-state index in [2.05, 4.69) is 26.1 Å². The Hall–Kier alpha value is -2.11. The fraction of sp³-hybridized carbons (Fsp3) is 0.632. The summed E-state index contributed by atoms with van der Waals surface area (Å²) in [5.74, 6) is 1.02. The highest BCUT2D eigenvalue weighted by Crippen LogP contribution is 2.35. The molecule has 6 heteroatoms. The topological polar surface area (TPSA) is 81.5 Å². The number of benzene rings is 1. The normalized spacial score (nSPS) is 24.6. The van der Waals surface area contributed by atoms with Gasteiger partial charge in [0, 0.05) is 6.07 Å². The van der Waals surface area contributed by atoms with Crippen molar-refractivity contribution in [1.29, 1.82) is 0 Å². The average molecular weight is 348 g/mol. The molecule has 0 aliphatic heterocycles. The summed E-state index contributed by atoms with van der Waals surface area (Å²) in [5, 5.41) is 14.0. The van der Waals surface area contributed by atoms with Gasteiger partial charge in [-0.15, -0.1) is 0 Å². The molecule has 0 saturated heterocycles. The van der Waals surface area contributed by atoms with Crippen LogP contribution in [0.4, 0.5) is 11.4 Å². The molecule has 0 heterocycles. The lowest BCUT2D eigenvalue weighted by molar-refractivity contribution is -0.384. The third-order valence-electron chi connectivity index (χ3n) is 5.06. The second-order valence-electron chi connectivity index (χ2n) is 7.44. The van der Waals surface area contributed by atoms with Crippen molar-refractivity contribution in [1.82, 2.24) is 0 Å². The monoisotopic (exact) mass is 348 g/mol. The Morgan fingerprint density at radius 1 is 1.28 bits per heavy atom. The van der Waals surface area contributed by atoms with Crippen LogP contribution in [0.1, 0.15) is 47.0 Å². The van der Waals surface area contributed by atoms with Gasteiger partial charge in [0.25, 0.3) is 5.69 Å². The number of esters is 1. The predicted molar refractivity (Wildman–Crippen MR) is 97.4 cm³/mol. The van der Waals surface area contributed by atoms with Gasteiger partial charge in [0.1, 0.15) is 17.8 Å². The first-order chi connectivity index (χ1) is 11.8. The molecule has 1 saturated carbocycles. The maximum atomic E-state index is 12.5. The summed E-state index contributed by atoms with van der Waals surface area (Å²) < 4.78 is 5.80. The van der Waals surface area contributed by atoms with Gasteiger partial charge >= 0.3 is 5.97 Å². The lowest BCUT2D eigenvalue weighted by Gasteiger charge is -2.37. The van der Waals surface area contributed by atoms with Gasteiger partial charge in [-0.25, -0.2) is 4.79 Å². The molecule has 0 spiro atoms. The number of nitro benzene ring substituents is 1. The number of hydrogen-bond acceptors (Lipinski definition) is 5. The van der Waals surface area contributed by atoms with Crippen molar-refractivity contribution in [2.75, 3.05) is 5.32 Å². The van der Waals surface area contributed by atoms with Crippen LogP contribution >= 0.6 is 0 Å². The van der Waals surface area contributed by atoms with Crippen LogP contribution in [0.15, 0.2) is 24.3 Å². The number of nitrogens with zero attached hydrogens (tertiary/aromatic N) is 1. The van der Waals surface area contributed by atoms with Crippen molar-refractivity contribution >= 4 is 17.3 Å². The lowest BCUT2D eigenvalue weighted by Crippen LogP contribution is -2.39.